The molecule has 1 aromatic rings. The topological polar surface area (TPSA) is 37.3 Å². The van der Waals surface area contributed by atoms with E-state index in [9.17, 15) is 9.18 Å². The fourth-order valence-corrected chi connectivity index (χ4v) is 3.09. The van der Waals surface area contributed by atoms with Crippen molar-refractivity contribution in [2.24, 2.45) is 0 Å². The van der Waals surface area contributed by atoms with Crippen LogP contribution in [-0.4, -0.2) is 19.1 Å². The highest BCUT2D eigenvalue weighted by Crippen LogP contribution is 2.19. The third kappa shape index (κ3) is 2.38. The molecule has 0 atom stereocenters. The normalized spacial score (nSPS) is 11.5. The van der Waals surface area contributed by atoms with Crippen molar-refractivity contribution >= 4 is 30.8 Å². The molecule has 15 heavy (non-hydrogen) atoms. The molecule has 0 spiro atoms. The van der Waals surface area contributed by atoms with Crippen LogP contribution in [0.1, 0.15) is 10.4 Å². The van der Waals surface area contributed by atoms with E-state index in [1.54, 1.807) is 6.07 Å². The molecule has 82 valence electrons. The van der Waals surface area contributed by atoms with Crippen LogP contribution in [-0.2, 0) is 0 Å². The summed E-state index contributed by atoms with van der Waals surface area (Å²) >= 11 is 5.56. The minimum atomic E-state index is -1.87. The summed E-state index contributed by atoms with van der Waals surface area (Å²) in [7, 11) is -1.87. The predicted molar refractivity (Wildman–Crippen MR) is 61.3 cm³/mol. The van der Waals surface area contributed by atoms with Crippen LogP contribution in [0.15, 0.2) is 12.1 Å². The van der Waals surface area contributed by atoms with E-state index in [1.165, 1.54) is 6.07 Å². The minimum absolute atomic E-state index is 0.144. The Morgan fingerprint density at radius 3 is 2.33 bits per heavy atom. The zero-order valence-corrected chi connectivity index (χ0v) is 10.5. The fourth-order valence-electron chi connectivity index (χ4n) is 1.38. The Balaban J connectivity index is 3.55. The molecular formula is C10H12ClFO2Si. The van der Waals surface area contributed by atoms with Crippen molar-refractivity contribution in [3.05, 3.63) is 28.5 Å². The molecule has 0 unspecified atom stereocenters. The van der Waals surface area contributed by atoms with Crippen molar-refractivity contribution < 1.29 is 14.3 Å². The highest BCUT2D eigenvalue weighted by atomic mass is 35.5. The summed E-state index contributed by atoms with van der Waals surface area (Å²) in [6.45, 7) is 5.88. The quantitative estimate of drug-likeness (QED) is 0.815. The van der Waals surface area contributed by atoms with Gasteiger partial charge in [-0.25, -0.2) is 9.18 Å². The van der Waals surface area contributed by atoms with Crippen LogP contribution in [0.5, 0.6) is 0 Å². The summed E-state index contributed by atoms with van der Waals surface area (Å²) in [6, 6.07) is 3.03. The molecule has 0 aliphatic heterocycles. The number of rotatable bonds is 2. The summed E-state index contributed by atoms with van der Waals surface area (Å²) in [5, 5.41) is 9.39. The number of hydrogen-bond donors (Lipinski definition) is 1. The average Bonchev–Trinajstić information content (AvgIpc) is 2.06. The van der Waals surface area contributed by atoms with Gasteiger partial charge in [-0.1, -0.05) is 37.3 Å². The van der Waals surface area contributed by atoms with Gasteiger partial charge in [-0.3, -0.25) is 0 Å². The summed E-state index contributed by atoms with van der Waals surface area (Å²) in [6.07, 6.45) is 0. The molecule has 1 N–H and O–H groups in total. The van der Waals surface area contributed by atoms with E-state index >= 15 is 0 Å². The average molecular weight is 247 g/mol. The SMILES string of the molecule is C[Si](C)(C)c1ccc(Cl)c(F)c1C(=O)O. The second-order valence-electron chi connectivity index (χ2n) is 4.34. The molecule has 0 saturated heterocycles. The Bertz CT molecular complexity index is 413. The van der Waals surface area contributed by atoms with Gasteiger partial charge >= 0.3 is 5.97 Å². The highest BCUT2D eigenvalue weighted by Gasteiger charge is 2.27. The van der Waals surface area contributed by atoms with Crippen molar-refractivity contribution in [1.29, 1.82) is 0 Å². The minimum Gasteiger partial charge on any atom is -0.478 e. The zero-order chi connectivity index (χ0) is 11.8. The van der Waals surface area contributed by atoms with Crippen LogP contribution in [0, 0.1) is 5.82 Å². The first-order valence-corrected chi connectivity index (χ1v) is 8.34. The van der Waals surface area contributed by atoms with Crippen LogP contribution in [0.3, 0.4) is 0 Å². The van der Waals surface area contributed by atoms with E-state index in [4.69, 9.17) is 16.7 Å². The summed E-state index contributed by atoms with van der Waals surface area (Å²) in [4.78, 5) is 11.0. The van der Waals surface area contributed by atoms with E-state index in [0.29, 0.717) is 5.19 Å². The first-order valence-electron chi connectivity index (χ1n) is 4.47. The summed E-state index contributed by atoms with van der Waals surface area (Å²) < 4.78 is 13.6. The first kappa shape index (κ1) is 12.2. The van der Waals surface area contributed by atoms with Crippen molar-refractivity contribution in [2.45, 2.75) is 19.6 Å². The Morgan fingerprint density at radius 1 is 1.40 bits per heavy atom. The molecule has 1 rings (SSSR count). The maximum absolute atomic E-state index is 13.6. The maximum Gasteiger partial charge on any atom is 0.338 e. The third-order valence-corrected chi connectivity index (χ3v) is 4.44. The lowest BCUT2D eigenvalue weighted by atomic mass is 10.2. The molecule has 0 aliphatic carbocycles. The lowest BCUT2D eigenvalue weighted by Gasteiger charge is -2.19. The van der Waals surface area contributed by atoms with Crippen LogP contribution in [0.4, 0.5) is 4.39 Å². The smallest absolute Gasteiger partial charge is 0.338 e. The molecule has 0 bridgehead atoms. The van der Waals surface area contributed by atoms with Crippen molar-refractivity contribution in [3.8, 4) is 0 Å². The van der Waals surface area contributed by atoms with Gasteiger partial charge < -0.3 is 5.11 Å². The van der Waals surface area contributed by atoms with Crippen LogP contribution < -0.4 is 5.19 Å². The molecular weight excluding hydrogens is 235 g/mol. The number of carbonyl (C=O) groups is 1. The van der Waals surface area contributed by atoms with Crippen molar-refractivity contribution in [1.82, 2.24) is 0 Å². The molecule has 5 heteroatoms. The Morgan fingerprint density at radius 2 is 1.93 bits per heavy atom. The van der Waals surface area contributed by atoms with Gasteiger partial charge in [0, 0.05) is 0 Å². The Kier molecular flexibility index (Phi) is 3.21. The number of halogens is 2. The highest BCUT2D eigenvalue weighted by molar-refractivity contribution is 6.89. The fraction of sp³-hybridized carbons (Fsp3) is 0.300. The molecule has 0 amide bonds. The van der Waals surface area contributed by atoms with E-state index in [2.05, 4.69) is 0 Å². The maximum atomic E-state index is 13.6. The van der Waals surface area contributed by atoms with Gasteiger partial charge in [0.2, 0.25) is 0 Å². The second-order valence-corrected chi connectivity index (χ2v) is 9.78. The molecule has 0 heterocycles. The number of carboxylic acid groups (broad SMARTS) is 1. The molecule has 0 fully saturated rings. The molecule has 0 saturated carbocycles. The lowest BCUT2D eigenvalue weighted by Crippen LogP contribution is -2.42. The number of aromatic carboxylic acids is 1. The van der Waals surface area contributed by atoms with Crippen LogP contribution >= 0.6 is 11.6 Å². The molecule has 2 nitrogen and oxygen atoms in total. The van der Waals surface area contributed by atoms with Gasteiger partial charge in [0.05, 0.1) is 18.7 Å². The predicted octanol–water partition coefficient (Wildman–Crippen LogP) is 2.72. The van der Waals surface area contributed by atoms with E-state index in [1.807, 2.05) is 19.6 Å². The van der Waals surface area contributed by atoms with E-state index < -0.39 is 19.9 Å². The van der Waals surface area contributed by atoms with E-state index in [0.717, 1.165) is 0 Å². The Labute approximate surface area is 93.7 Å². The van der Waals surface area contributed by atoms with Gasteiger partial charge in [0.1, 0.15) is 0 Å². The van der Waals surface area contributed by atoms with Crippen LogP contribution in [0.2, 0.25) is 24.7 Å². The Hall–Kier alpha value is -0.873. The van der Waals surface area contributed by atoms with Gasteiger partial charge in [-0.05, 0) is 11.3 Å². The van der Waals surface area contributed by atoms with Gasteiger partial charge in [-0.15, -0.1) is 0 Å². The molecule has 0 radical (unpaired) electrons. The van der Waals surface area contributed by atoms with Crippen LogP contribution in [0.25, 0.3) is 0 Å². The van der Waals surface area contributed by atoms with E-state index in [-0.39, 0.29) is 10.6 Å². The summed E-state index contributed by atoms with van der Waals surface area (Å²) in [5.74, 6) is -2.09. The second kappa shape index (κ2) is 3.94. The summed E-state index contributed by atoms with van der Waals surface area (Å²) in [5.41, 5.74) is -0.276. The lowest BCUT2D eigenvalue weighted by molar-refractivity contribution is 0.0693. The van der Waals surface area contributed by atoms with Crippen molar-refractivity contribution in [3.63, 3.8) is 0 Å². The zero-order valence-electron chi connectivity index (χ0n) is 8.77. The molecule has 1 aromatic carbocycles. The number of carboxylic acids is 1. The monoisotopic (exact) mass is 246 g/mol. The van der Waals surface area contributed by atoms with Gasteiger partial charge in [-0.2, -0.15) is 0 Å². The largest absolute Gasteiger partial charge is 0.478 e. The first-order chi connectivity index (χ1) is 6.75. The number of hydrogen-bond acceptors (Lipinski definition) is 1. The molecule has 0 aromatic heterocycles. The van der Waals surface area contributed by atoms with Gasteiger partial charge in [0.25, 0.3) is 0 Å². The van der Waals surface area contributed by atoms with Crippen molar-refractivity contribution in [2.75, 3.05) is 0 Å². The van der Waals surface area contributed by atoms with Gasteiger partial charge in [0.15, 0.2) is 5.82 Å². The third-order valence-electron chi connectivity index (χ3n) is 2.12. The standard InChI is InChI=1S/C10H12ClFO2Si/c1-15(2,3)7-5-4-6(11)9(12)8(7)10(13)14/h4-5H,1-3H3,(H,13,14). The molecule has 0 aliphatic rings. The number of benzene rings is 1.